The molecule has 3 rings (SSSR count). The summed E-state index contributed by atoms with van der Waals surface area (Å²) in [7, 11) is -3.52. The smallest absolute Gasteiger partial charge is 0.277 e. The van der Waals surface area contributed by atoms with E-state index in [1.807, 2.05) is 30.9 Å². The minimum Gasteiger partial charge on any atom is -0.335 e. The third-order valence-electron chi connectivity index (χ3n) is 6.03. The number of piperazine rings is 1. The Morgan fingerprint density at radius 1 is 1.07 bits per heavy atom. The zero-order valence-electron chi connectivity index (χ0n) is 17.6. The number of amides is 1. The highest BCUT2D eigenvalue weighted by molar-refractivity contribution is 7.89. The van der Waals surface area contributed by atoms with Crippen molar-refractivity contribution in [2.24, 2.45) is 11.8 Å². The molecule has 0 aliphatic carbocycles. The zero-order valence-corrected chi connectivity index (χ0v) is 18.4. The van der Waals surface area contributed by atoms with Gasteiger partial charge in [0.2, 0.25) is 10.0 Å². The van der Waals surface area contributed by atoms with E-state index in [1.165, 1.54) is 15.6 Å². The minimum atomic E-state index is -3.52. The van der Waals surface area contributed by atoms with Gasteiger partial charge in [-0.3, -0.25) is 4.79 Å². The number of quaternary nitrogens is 1. The van der Waals surface area contributed by atoms with E-state index >= 15 is 0 Å². The third kappa shape index (κ3) is 4.75. The standard InChI is InChI=1S/C21H33N3O3S/c1-16-5-6-19(4)20(12-16)28(26,27)24-9-7-23(8-10-24)21(25)15-22-13-17(2)11-18(3)14-22/h5-6,12,17-18H,7-11,13-15H2,1-4H3/p+1/t17-,18-/m1/s1. The summed E-state index contributed by atoms with van der Waals surface area (Å²) in [4.78, 5) is 16.3. The SMILES string of the molecule is Cc1ccc(C)c(S(=O)(=O)N2CCN(C(=O)C[NH+]3C[C@H](C)C[C@@H](C)C3)CC2)c1. The molecule has 0 aromatic heterocycles. The van der Waals surface area contributed by atoms with Crippen molar-refractivity contribution in [3.63, 3.8) is 0 Å². The normalized spacial score (nSPS) is 27.0. The molecule has 7 heteroatoms. The van der Waals surface area contributed by atoms with Gasteiger partial charge in [0.25, 0.3) is 5.91 Å². The zero-order chi connectivity index (χ0) is 20.5. The number of benzene rings is 1. The van der Waals surface area contributed by atoms with Crippen LogP contribution in [0, 0.1) is 25.7 Å². The number of piperidine rings is 1. The minimum absolute atomic E-state index is 0.153. The number of nitrogens with one attached hydrogen (secondary N) is 1. The highest BCUT2D eigenvalue weighted by Crippen LogP contribution is 2.22. The fraction of sp³-hybridized carbons (Fsp3) is 0.667. The van der Waals surface area contributed by atoms with Crippen molar-refractivity contribution in [3.8, 4) is 0 Å². The number of aryl methyl sites for hydroxylation is 2. The molecule has 0 bridgehead atoms. The number of nitrogens with zero attached hydrogens (tertiary/aromatic N) is 2. The molecule has 156 valence electrons. The van der Waals surface area contributed by atoms with Crippen molar-refractivity contribution >= 4 is 15.9 Å². The lowest BCUT2D eigenvalue weighted by Gasteiger charge is -2.36. The van der Waals surface area contributed by atoms with Crippen molar-refractivity contribution in [2.45, 2.75) is 39.0 Å². The van der Waals surface area contributed by atoms with Crippen molar-refractivity contribution in [1.82, 2.24) is 9.21 Å². The average molecular weight is 409 g/mol. The van der Waals surface area contributed by atoms with Crippen LogP contribution in [0.4, 0.5) is 0 Å². The Balaban J connectivity index is 1.59. The van der Waals surface area contributed by atoms with Crippen LogP contribution in [-0.4, -0.2) is 69.3 Å². The Kier molecular flexibility index (Phi) is 6.47. The second-order valence-corrected chi connectivity index (χ2v) is 10.7. The average Bonchev–Trinajstić information content (AvgIpc) is 2.63. The number of hydrogen-bond donors (Lipinski definition) is 1. The Morgan fingerprint density at radius 3 is 2.29 bits per heavy atom. The lowest BCUT2D eigenvalue weighted by molar-refractivity contribution is -0.904. The van der Waals surface area contributed by atoms with Crippen LogP contribution >= 0.6 is 0 Å². The van der Waals surface area contributed by atoms with Crippen LogP contribution in [0.1, 0.15) is 31.4 Å². The van der Waals surface area contributed by atoms with Gasteiger partial charge in [-0.1, -0.05) is 26.0 Å². The molecule has 0 radical (unpaired) electrons. The van der Waals surface area contributed by atoms with Gasteiger partial charge in [0.05, 0.1) is 18.0 Å². The number of rotatable bonds is 4. The summed E-state index contributed by atoms with van der Waals surface area (Å²) in [6, 6.07) is 5.52. The van der Waals surface area contributed by atoms with Crippen LogP contribution < -0.4 is 4.90 Å². The van der Waals surface area contributed by atoms with E-state index in [-0.39, 0.29) is 5.91 Å². The van der Waals surface area contributed by atoms with Gasteiger partial charge in [-0.05, 0) is 37.5 Å². The first-order valence-corrected chi connectivity index (χ1v) is 11.8. The molecular weight excluding hydrogens is 374 g/mol. The fourth-order valence-corrected chi connectivity index (χ4v) is 6.43. The molecule has 1 amide bonds. The van der Waals surface area contributed by atoms with Crippen LogP contribution in [0.15, 0.2) is 23.1 Å². The van der Waals surface area contributed by atoms with Crippen molar-refractivity contribution in [3.05, 3.63) is 29.3 Å². The van der Waals surface area contributed by atoms with E-state index in [4.69, 9.17) is 0 Å². The van der Waals surface area contributed by atoms with Crippen molar-refractivity contribution in [1.29, 1.82) is 0 Å². The second-order valence-electron chi connectivity index (χ2n) is 8.83. The molecule has 28 heavy (non-hydrogen) atoms. The van der Waals surface area contributed by atoms with E-state index in [2.05, 4.69) is 13.8 Å². The van der Waals surface area contributed by atoms with Gasteiger partial charge in [0.1, 0.15) is 0 Å². The first kappa shape index (κ1) is 21.3. The van der Waals surface area contributed by atoms with Gasteiger partial charge >= 0.3 is 0 Å². The molecule has 2 fully saturated rings. The number of sulfonamides is 1. The highest BCUT2D eigenvalue weighted by Gasteiger charge is 2.33. The second kappa shape index (κ2) is 8.51. The highest BCUT2D eigenvalue weighted by atomic mass is 32.2. The van der Waals surface area contributed by atoms with Crippen LogP contribution in [0.5, 0.6) is 0 Å². The molecule has 1 aromatic rings. The predicted molar refractivity (Wildman–Crippen MR) is 110 cm³/mol. The van der Waals surface area contributed by atoms with E-state index < -0.39 is 10.0 Å². The number of hydrogen-bond acceptors (Lipinski definition) is 3. The van der Waals surface area contributed by atoms with Gasteiger partial charge in [-0.2, -0.15) is 4.31 Å². The molecule has 0 spiro atoms. The van der Waals surface area contributed by atoms with Crippen LogP contribution in [0.3, 0.4) is 0 Å². The van der Waals surface area contributed by atoms with E-state index in [9.17, 15) is 13.2 Å². The largest absolute Gasteiger partial charge is 0.335 e. The first-order valence-electron chi connectivity index (χ1n) is 10.4. The number of carbonyl (C=O) groups is 1. The predicted octanol–water partition coefficient (Wildman–Crippen LogP) is 0.697. The summed E-state index contributed by atoms with van der Waals surface area (Å²) in [5.41, 5.74) is 1.70. The Bertz CT molecular complexity index is 806. The first-order chi connectivity index (χ1) is 13.2. The maximum absolute atomic E-state index is 13.0. The van der Waals surface area contributed by atoms with Crippen LogP contribution in [-0.2, 0) is 14.8 Å². The quantitative estimate of drug-likeness (QED) is 0.798. The summed E-state index contributed by atoms with van der Waals surface area (Å²) in [6.07, 6.45) is 1.24. The van der Waals surface area contributed by atoms with E-state index in [1.54, 1.807) is 6.07 Å². The monoisotopic (exact) mass is 408 g/mol. The Labute approximate surface area is 169 Å². The van der Waals surface area contributed by atoms with E-state index in [0.29, 0.717) is 49.5 Å². The lowest BCUT2D eigenvalue weighted by Crippen LogP contribution is -3.15. The lowest BCUT2D eigenvalue weighted by atomic mass is 9.92. The van der Waals surface area contributed by atoms with Gasteiger partial charge in [-0.25, -0.2) is 8.42 Å². The maximum Gasteiger partial charge on any atom is 0.277 e. The molecule has 2 heterocycles. The summed E-state index contributed by atoms with van der Waals surface area (Å²) >= 11 is 0. The van der Waals surface area contributed by atoms with Crippen molar-refractivity contribution in [2.75, 3.05) is 45.8 Å². The van der Waals surface area contributed by atoms with Gasteiger partial charge in [0.15, 0.2) is 6.54 Å². The fourth-order valence-electron chi connectivity index (χ4n) is 4.69. The Morgan fingerprint density at radius 2 is 1.68 bits per heavy atom. The molecule has 2 aliphatic rings. The maximum atomic E-state index is 13.0. The van der Waals surface area contributed by atoms with E-state index in [0.717, 1.165) is 24.2 Å². The summed E-state index contributed by atoms with van der Waals surface area (Å²) in [6.45, 7) is 12.6. The topological polar surface area (TPSA) is 62.1 Å². The molecule has 2 saturated heterocycles. The molecule has 2 atom stereocenters. The number of carbonyl (C=O) groups excluding carboxylic acids is 1. The molecular formula is C21H34N3O3S+. The molecule has 0 unspecified atom stereocenters. The van der Waals surface area contributed by atoms with Crippen LogP contribution in [0.2, 0.25) is 0 Å². The number of likely N-dealkylation sites (tertiary alicyclic amines) is 1. The van der Waals surface area contributed by atoms with Crippen molar-refractivity contribution < 1.29 is 18.1 Å². The summed E-state index contributed by atoms with van der Waals surface area (Å²) in [5.74, 6) is 1.47. The van der Waals surface area contributed by atoms with Gasteiger partial charge in [-0.15, -0.1) is 0 Å². The van der Waals surface area contributed by atoms with Gasteiger partial charge < -0.3 is 9.80 Å². The molecule has 1 aromatic carbocycles. The molecule has 6 nitrogen and oxygen atoms in total. The molecule has 0 saturated carbocycles. The Hall–Kier alpha value is -1.44. The van der Waals surface area contributed by atoms with Crippen LogP contribution in [0.25, 0.3) is 0 Å². The third-order valence-corrected chi connectivity index (χ3v) is 8.07. The summed E-state index contributed by atoms with van der Waals surface area (Å²) in [5, 5.41) is 0. The summed E-state index contributed by atoms with van der Waals surface area (Å²) < 4.78 is 27.6. The van der Waals surface area contributed by atoms with Gasteiger partial charge in [0, 0.05) is 38.0 Å². The molecule has 2 aliphatic heterocycles. The molecule has 1 N–H and O–H groups in total.